The normalized spacial score (nSPS) is 15.7. The molecule has 3 nitrogen and oxygen atoms in total. The fraction of sp³-hybridized carbons (Fsp3) is 0.122. The number of benzene rings is 6. The van der Waals surface area contributed by atoms with Crippen molar-refractivity contribution in [1.82, 2.24) is 0 Å². The minimum Gasteiger partial charge on any atom is -0.455 e. The van der Waals surface area contributed by atoms with Crippen LogP contribution in [0.1, 0.15) is 25.0 Å². The summed E-state index contributed by atoms with van der Waals surface area (Å²) in [5, 5.41) is 2.63. The van der Waals surface area contributed by atoms with Crippen LogP contribution in [0.3, 0.4) is 0 Å². The van der Waals surface area contributed by atoms with Crippen molar-refractivity contribution in [3.63, 3.8) is 0 Å². The Morgan fingerprint density at radius 2 is 1.06 bits per heavy atom. The van der Waals surface area contributed by atoms with Crippen LogP contribution >= 0.6 is 23.5 Å². The van der Waals surface area contributed by atoms with Gasteiger partial charge in [-0.05, 0) is 58.9 Å². The van der Waals surface area contributed by atoms with Crippen LogP contribution in [0.25, 0.3) is 0 Å². The van der Waals surface area contributed by atoms with Crippen LogP contribution in [0, 0.1) is 0 Å². The number of ether oxygens (including phenoxy) is 2. The maximum Gasteiger partial charge on any atom is 0.155 e. The lowest BCUT2D eigenvalue weighted by Crippen LogP contribution is -2.56. The van der Waals surface area contributed by atoms with Gasteiger partial charge in [-0.25, -0.2) is 0 Å². The molecular weight excluding hydrogens is 631 g/mol. The van der Waals surface area contributed by atoms with E-state index in [0.29, 0.717) is 0 Å². The van der Waals surface area contributed by atoms with E-state index in [1.165, 1.54) is 41.1 Å². The van der Waals surface area contributed by atoms with Gasteiger partial charge in [-0.15, -0.1) is 0 Å². The number of anilines is 3. The highest BCUT2D eigenvalue weighted by atomic mass is 32.2. The van der Waals surface area contributed by atoms with E-state index >= 15 is 0 Å². The molecule has 0 atom stereocenters. The van der Waals surface area contributed by atoms with E-state index in [-0.39, 0.29) is 5.41 Å². The van der Waals surface area contributed by atoms with Gasteiger partial charge in [0.2, 0.25) is 0 Å². The van der Waals surface area contributed by atoms with Gasteiger partial charge in [-0.2, -0.15) is 0 Å². The molecule has 0 unspecified atom stereocenters. The van der Waals surface area contributed by atoms with Crippen LogP contribution in [0.15, 0.2) is 147 Å². The third kappa shape index (κ3) is 4.35. The zero-order chi connectivity index (χ0) is 31.9. The molecule has 0 aromatic heterocycles. The molecule has 6 aromatic rings. The molecule has 0 N–H and O–H groups in total. The zero-order valence-electron chi connectivity index (χ0n) is 26.7. The van der Waals surface area contributed by atoms with E-state index in [0.717, 1.165) is 40.1 Å². The first-order valence-electron chi connectivity index (χ1n) is 16.0. The summed E-state index contributed by atoms with van der Waals surface area (Å²) in [5.41, 5.74) is 5.25. The Labute approximate surface area is 285 Å². The summed E-state index contributed by atoms with van der Waals surface area (Å²) in [7, 11) is -2.08. The van der Waals surface area contributed by atoms with Crippen molar-refractivity contribution in [2.24, 2.45) is 0 Å². The summed E-state index contributed by atoms with van der Waals surface area (Å²) in [4.78, 5) is 7.44. The van der Waals surface area contributed by atoms with Gasteiger partial charge in [-0.1, -0.05) is 129 Å². The predicted octanol–water partition coefficient (Wildman–Crippen LogP) is 11.1. The van der Waals surface area contributed by atoms with Gasteiger partial charge in [0, 0.05) is 31.2 Å². The molecule has 0 amide bonds. The fourth-order valence-corrected chi connectivity index (χ4v) is 12.5. The molecule has 0 aliphatic carbocycles. The molecule has 230 valence electrons. The predicted molar refractivity (Wildman–Crippen MR) is 198 cm³/mol. The molecule has 0 radical (unpaired) electrons. The van der Waals surface area contributed by atoms with E-state index < -0.39 is 8.07 Å². The van der Waals surface area contributed by atoms with Gasteiger partial charge in [0.15, 0.2) is 11.5 Å². The molecular formula is C41H33NO2S2Si. The van der Waals surface area contributed by atoms with E-state index in [1.807, 2.05) is 23.5 Å². The Morgan fingerprint density at radius 3 is 1.89 bits per heavy atom. The first-order chi connectivity index (χ1) is 22.8. The summed E-state index contributed by atoms with van der Waals surface area (Å²) >= 11 is 3.68. The molecule has 0 saturated carbocycles. The van der Waals surface area contributed by atoms with Crippen LogP contribution in [0.4, 0.5) is 17.1 Å². The monoisotopic (exact) mass is 663 g/mol. The Kier molecular flexibility index (Phi) is 6.49. The van der Waals surface area contributed by atoms with Gasteiger partial charge in [0.1, 0.15) is 19.6 Å². The molecule has 3 heterocycles. The number of rotatable bonds is 3. The van der Waals surface area contributed by atoms with Crippen LogP contribution in [-0.4, -0.2) is 8.07 Å². The van der Waals surface area contributed by atoms with Crippen molar-refractivity contribution < 1.29 is 9.47 Å². The number of hydrogen-bond acceptors (Lipinski definition) is 5. The highest BCUT2D eigenvalue weighted by Gasteiger charge is 2.41. The summed E-state index contributed by atoms with van der Waals surface area (Å²) in [6.45, 7) is 9.46. The summed E-state index contributed by atoms with van der Waals surface area (Å²) in [6, 6.07) is 45.7. The third-order valence-electron chi connectivity index (χ3n) is 9.84. The summed E-state index contributed by atoms with van der Waals surface area (Å²) in [6.07, 6.45) is 0. The maximum absolute atomic E-state index is 6.95. The van der Waals surface area contributed by atoms with Crippen molar-refractivity contribution in [3.8, 4) is 23.0 Å². The molecule has 0 saturated heterocycles. The molecule has 9 rings (SSSR count). The molecule has 3 aliphatic rings. The lowest BCUT2D eigenvalue weighted by molar-refractivity contribution is 0.419. The molecule has 6 heteroatoms. The van der Waals surface area contributed by atoms with E-state index in [2.05, 4.69) is 159 Å². The second-order valence-electron chi connectivity index (χ2n) is 13.3. The molecule has 0 bridgehead atoms. The van der Waals surface area contributed by atoms with Crippen LogP contribution in [-0.2, 0) is 5.41 Å². The largest absolute Gasteiger partial charge is 0.455 e. The maximum atomic E-state index is 6.95. The quantitative estimate of drug-likeness (QED) is 0.175. The smallest absolute Gasteiger partial charge is 0.155 e. The minimum atomic E-state index is -2.08. The second-order valence-corrected chi connectivity index (χ2v) is 19.8. The average Bonchev–Trinajstić information content (AvgIpc) is 3.08. The first kappa shape index (κ1) is 28.8. The highest BCUT2D eigenvalue weighted by molar-refractivity contribution is 8.05. The molecule has 0 spiro atoms. The zero-order valence-corrected chi connectivity index (χ0v) is 29.3. The van der Waals surface area contributed by atoms with Crippen molar-refractivity contribution >= 4 is 59.0 Å². The Balaban J connectivity index is 1.32. The Hall–Kier alpha value is -4.36. The van der Waals surface area contributed by atoms with E-state index in [9.17, 15) is 0 Å². The SMILES string of the molecule is CC1(C)c2ccccc2Oc2c(N(c3cccc4c3Oc3ccccc3[Si]4(C)C)c3cccc4c3Sc3ccccc3S4)cccc21. The van der Waals surface area contributed by atoms with Gasteiger partial charge in [0.25, 0.3) is 0 Å². The van der Waals surface area contributed by atoms with E-state index in [1.54, 1.807) is 0 Å². The van der Waals surface area contributed by atoms with Crippen molar-refractivity contribution in [1.29, 1.82) is 0 Å². The lowest BCUT2D eigenvalue weighted by atomic mass is 9.75. The number of hydrogen-bond donors (Lipinski definition) is 0. The molecule has 3 aliphatic heterocycles. The second kappa shape index (κ2) is 10.6. The summed E-state index contributed by atoms with van der Waals surface area (Å²) < 4.78 is 13.9. The highest BCUT2D eigenvalue weighted by Crippen LogP contribution is 2.58. The van der Waals surface area contributed by atoms with Gasteiger partial charge in [-0.3, -0.25) is 0 Å². The topological polar surface area (TPSA) is 21.7 Å². The lowest BCUT2D eigenvalue weighted by Gasteiger charge is -2.39. The van der Waals surface area contributed by atoms with Crippen molar-refractivity contribution in [2.75, 3.05) is 4.90 Å². The minimum absolute atomic E-state index is 0.244. The average molecular weight is 664 g/mol. The Bertz CT molecular complexity index is 2140. The van der Waals surface area contributed by atoms with Gasteiger partial charge < -0.3 is 14.4 Å². The van der Waals surface area contributed by atoms with Gasteiger partial charge in [0.05, 0.1) is 22.0 Å². The molecule has 0 fully saturated rings. The van der Waals surface area contributed by atoms with Crippen LogP contribution in [0.2, 0.25) is 13.1 Å². The molecule has 6 aromatic carbocycles. The standard InChI is InChI=1S/C41H33NO2S2Si/c1-41(2)26-14-5-6-19-31(26)43-38-27(41)15-11-16-28(38)42(30-18-12-23-35-40(30)46-34-22-9-8-21-33(34)45-35)29-17-13-25-37-39(29)44-32-20-7-10-24-36(32)47(37,3)4/h5-25H,1-4H3. The number of fused-ring (bicyclic) bond motifs is 6. The Morgan fingerprint density at radius 1 is 0.511 bits per heavy atom. The van der Waals surface area contributed by atoms with E-state index in [4.69, 9.17) is 9.47 Å². The van der Waals surface area contributed by atoms with Gasteiger partial charge >= 0.3 is 0 Å². The summed E-state index contributed by atoms with van der Waals surface area (Å²) in [5.74, 6) is 3.68. The van der Waals surface area contributed by atoms with Crippen molar-refractivity contribution in [2.45, 2.75) is 51.9 Å². The van der Waals surface area contributed by atoms with Crippen molar-refractivity contribution in [3.05, 3.63) is 139 Å². The number of nitrogens with zero attached hydrogens (tertiary/aromatic N) is 1. The third-order valence-corrected chi connectivity index (χ3v) is 15.9. The van der Waals surface area contributed by atoms with Crippen LogP contribution in [0.5, 0.6) is 23.0 Å². The fourth-order valence-electron chi connectivity index (χ4n) is 7.35. The van der Waals surface area contributed by atoms with Crippen LogP contribution < -0.4 is 24.7 Å². The number of para-hydroxylation sites is 4. The first-order valence-corrected chi connectivity index (χ1v) is 20.7. The molecule has 47 heavy (non-hydrogen) atoms.